The van der Waals surface area contributed by atoms with Gasteiger partial charge in [-0.1, -0.05) is 6.07 Å². The summed E-state index contributed by atoms with van der Waals surface area (Å²) in [5.41, 5.74) is -0.566. The second kappa shape index (κ2) is 11.6. The van der Waals surface area contributed by atoms with E-state index in [0.29, 0.717) is 33.9 Å². The number of aromatic nitrogens is 2. The summed E-state index contributed by atoms with van der Waals surface area (Å²) >= 11 is 1.05. The van der Waals surface area contributed by atoms with Gasteiger partial charge < -0.3 is 16.0 Å². The number of nitrogens with one attached hydrogen (secondary N) is 3. The Morgan fingerprint density at radius 2 is 1.94 bits per heavy atom. The number of nitrogens with zero attached hydrogens (tertiary/aromatic N) is 4. The molecule has 2 heterocycles. The largest absolute Gasteiger partial charge is 0.352 e. The summed E-state index contributed by atoms with van der Waals surface area (Å²) in [7, 11) is 1.87. The molecule has 34 heavy (non-hydrogen) atoms. The van der Waals surface area contributed by atoms with Gasteiger partial charge >= 0.3 is 0 Å². The van der Waals surface area contributed by atoms with Crippen molar-refractivity contribution in [1.82, 2.24) is 19.8 Å². The van der Waals surface area contributed by atoms with E-state index in [1.54, 1.807) is 32.0 Å². The molecule has 0 radical (unpaired) electrons. The first-order valence-electron chi connectivity index (χ1n) is 10.9. The third kappa shape index (κ3) is 6.76. The van der Waals surface area contributed by atoms with Gasteiger partial charge in [-0.15, -0.1) is 11.3 Å². The number of hydrogen-bond acceptors (Lipinski definition) is 8. The number of carbonyl (C=O) groups excluding carboxylic acids is 2. The Morgan fingerprint density at radius 1 is 1.26 bits per heavy atom. The van der Waals surface area contributed by atoms with Gasteiger partial charge in [0.15, 0.2) is 5.57 Å². The summed E-state index contributed by atoms with van der Waals surface area (Å²) in [6.45, 7) is 10.5. The normalized spacial score (nSPS) is 12.8. The van der Waals surface area contributed by atoms with E-state index >= 15 is 0 Å². The Morgan fingerprint density at radius 3 is 2.53 bits per heavy atom. The van der Waals surface area contributed by atoms with E-state index in [4.69, 9.17) is 0 Å². The van der Waals surface area contributed by atoms with Gasteiger partial charge in [-0.2, -0.15) is 5.26 Å². The molecular weight excluding hydrogens is 454 g/mol. The van der Waals surface area contributed by atoms with Crippen LogP contribution < -0.4 is 30.7 Å². The first-order valence-corrected chi connectivity index (χ1v) is 11.7. The molecule has 2 aromatic heterocycles. The van der Waals surface area contributed by atoms with E-state index in [2.05, 4.69) is 20.9 Å². The molecule has 11 heteroatoms. The maximum absolute atomic E-state index is 12.8. The standard InChI is InChI=1S/C23H31N7O3S/c1-7-25-20(32)15(12-24)22-30(8-2)21(33)16(34-22)13-26-17-10-9-11-18(27-17)28-19(31)14-29(6)23(3,4)5/h9-11,13H,7-8,14H2,1-6H3,(H,25,32)(H2,26,27,28,31)/b16-13+,22-15-. The average Bonchev–Trinajstić information content (AvgIpc) is 3.07. The Labute approximate surface area is 202 Å². The molecule has 0 bridgehead atoms. The maximum Gasteiger partial charge on any atom is 0.270 e. The van der Waals surface area contributed by atoms with E-state index in [0.717, 1.165) is 11.3 Å². The Bertz CT molecular complexity index is 1270. The van der Waals surface area contributed by atoms with Gasteiger partial charge in [0.2, 0.25) is 5.91 Å². The number of rotatable bonds is 8. The molecule has 0 saturated carbocycles. The molecule has 10 nitrogen and oxygen atoms in total. The van der Waals surface area contributed by atoms with Crippen molar-refractivity contribution in [1.29, 1.82) is 5.26 Å². The van der Waals surface area contributed by atoms with Gasteiger partial charge in [0.1, 0.15) is 26.9 Å². The lowest BCUT2D eigenvalue weighted by Crippen LogP contribution is -2.42. The molecule has 0 atom stereocenters. The number of amides is 2. The molecule has 0 aliphatic rings. The van der Waals surface area contributed by atoms with Gasteiger partial charge in [0.25, 0.3) is 11.5 Å². The van der Waals surface area contributed by atoms with E-state index in [-0.39, 0.29) is 29.1 Å². The number of nitriles is 1. The summed E-state index contributed by atoms with van der Waals surface area (Å²) in [4.78, 5) is 43.7. The molecule has 0 aromatic carbocycles. The topological polar surface area (TPSA) is 132 Å². The van der Waals surface area contributed by atoms with Crippen molar-refractivity contribution in [3.8, 4) is 6.07 Å². The SMILES string of the molecule is CCNC(=O)/C(C#N)=c1\s/c(=C/Nc2cccc(NC(=O)CN(C)C(C)(C)C)n2)c(=O)n1CC. The molecule has 2 rings (SSSR count). The van der Waals surface area contributed by atoms with Crippen LogP contribution in [-0.4, -0.2) is 51.9 Å². The number of thiazole rings is 1. The van der Waals surface area contributed by atoms with Crippen LogP contribution >= 0.6 is 11.3 Å². The fraction of sp³-hybridized carbons (Fsp3) is 0.435. The Kier molecular flexibility index (Phi) is 9.11. The van der Waals surface area contributed by atoms with Crippen molar-refractivity contribution >= 4 is 46.6 Å². The number of likely N-dealkylation sites (N-methyl/N-ethyl adjacent to an activating group) is 1. The van der Waals surface area contributed by atoms with E-state index in [9.17, 15) is 19.6 Å². The zero-order chi connectivity index (χ0) is 25.5. The van der Waals surface area contributed by atoms with Crippen molar-refractivity contribution in [2.24, 2.45) is 0 Å². The monoisotopic (exact) mass is 485 g/mol. The Balaban J connectivity index is 2.31. The van der Waals surface area contributed by atoms with Crippen LogP contribution in [0.4, 0.5) is 11.6 Å². The van der Waals surface area contributed by atoms with Crippen LogP contribution in [0.3, 0.4) is 0 Å². The Hall–Kier alpha value is -3.49. The van der Waals surface area contributed by atoms with Crippen molar-refractivity contribution in [2.75, 3.05) is 30.8 Å². The molecule has 0 unspecified atom stereocenters. The molecule has 3 N–H and O–H groups in total. The molecule has 0 fully saturated rings. The summed E-state index contributed by atoms with van der Waals surface area (Å²) in [6, 6.07) is 7.01. The fourth-order valence-electron chi connectivity index (χ4n) is 2.80. The molecule has 182 valence electrons. The second-order valence-electron chi connectivity index (χ2n) is 8.44. The molecule has 0 aliphatic heterocycles. The van der Waals surface area contributed by atoms with Crippen LogP contribution in [0.15, 0.2) is 23.0 Å². The predicted molar refractivity (Wildman–Crippen MR) is 135 cm³/mol. The highest BCUT2D eigenvalue weighted by molar-refractivity contribution is 7.07. The quantitative estimate of drug-likeness (QED) is 0.500. The molecule has 0 saturated heterocycles. The van der Waals surface area contributed by atoms with E-state index in [1.807, 2.05) is 38.8 Å². The summed E-state index contributed by atoms with van der Waals surface area (Å²) in [5.74, 6) is 0.0901. The maximum atomic E-state index is 12.8. The minimum atomic E-state index is -0.518. The molecule has 2 aromatic rings. The van der Waals surface area contributed by atoms with E-state index < -0.39 is 5.91 Å². The van der Waals surface area contributed by atoms with Crippen molar-refractivity contribution in [2.45, 2.75) is 46.7 Å². The second-order valence-corrected chi connectivity index (χ2v) is 9.47. The van der Waals surface area contributed by atoms with Crippen molar-refractivity contribution in [3.63, 3.8) is 0 Å². The molecule has 0 aliphatic carbocycles. The van der Waals surface area contributed by atoms with Crippen molar-refractivity contribution in [3.05, 3.63) is 37.7 Å². The first-order chi connectivity index (χ1) is 16.0. The van der Waals surface area contributed by atoms with Gasteiger partial charge in [0, 0.05) is 24.8 Å². The zero-order valence-electron chi connectivity index (χ0n) is 20.4. The van der Waals surface area contributed by atoms with Crippen LogP contribution in [0.5, 0.6) is 0 Å². The highest BCUT2D eigenvalue weighted by Crippen LogP contribution is 2.12. The lowest BCUT2D eigenvalue weighted by atomic mass is 10.1. The van der Waals surface area contributed by atoms with Crippen LogP contribution in [0.1, 0.15) is 34.6 Å². The minimum absolute atomic E-state index is 0.103. The van der Waals surface area contributed by atoms with Gasteiger partial charge in [-0.25, -0.2) is 4.98 Å². The first kappa shape index (κ1) is 26.8. The lowest BCUT2D eigenvalue weighted by Gasteiger charge is -2.31. The van der Waals surface area contributed by atoms with Crippen LogP contribution in [0.2, 0.25) is 0 Å². The van der Waals surface area contributed by atoms with Gasteiger partial charge in [-0.05, 0) is 53.8 Å². The minimum Gasteiger partial charge on any atom is -0.352 e. The molecule has 0 spiro atoms. The summed E-state index contributed by atoms with van der Waals surface area (Å²) < 4.78 is 2.00. The van der Waals surface area contributed by atoms with Crippen LogP contribution in [0.25, 0.3) is 11.8 Å². The van der Waals surface area contributed by atoms with Crippen LogP contribution in [0, 0.1) is 11.3 Å². The lowest BCUT2D eigenvalue weighted by molar-refractivity contribution is -0.118. The van der Waals surface area contributed by atoms with Crippen LogP contribution in [-0.2, 0) is 16.1 Å². The predicted octanol–water partition coefficient (Wildman–Crippen LogP) is 0.654. The van der Waals surface area contributed by atoms with Gasteiger partial charge in [-0.3, -0.25) is 23.9 Å². The zero-order valence-corrected chi connectivity index (χ0v) is 21.2. The smallest absolute Gasteiger partial charge is 0.270 e. The average molecular weight is 486 g/mol. The van der Waals surface area contributed by atoms with Gasteiger partial charge in [0.05, 0.1) is 6.54 Å². The number of hydrogen-bond donors (Lipinski definition) is 3. The summed E-state index contributed by atoms with van der Waals surface area (Å²) in [6.07, 6.45) is 1.48. The summed E-state index contributed by atoms with van der Waals surface area (Å²) in [5, 5.41) is 17.8. The number of anilines is 2. The molecule has 2 amide bonds. The fourth-order valence-corrected chi connectivity index (χ4v) is 3.88. The van der Waals surface area contributed by atoms with Crippen molar-refractivity contribution < 1.29 is 9.59 Å². The number of carbonyl (C=O) groups is 2. The third-order valence-electron chi connectivity index (χ3n) is 5.01. The highest BCUT2D eigenvalue weighted by atomic mass is 32.1. The third-order valence-corrected chi connectivity index (χ3v) is 6.14. The molecular formula is C23H31N7O3S. The number of pyridine rings is 1. The van der Waals surface area contributed by atoms with E-state index in [1.165, 1.54) is 10.8 Å². The highest BCUT2D eigenvalue weighted by Gasteiger charge is 2.19.